The zero-order chi connectivity index (χ0) is 12.6. The second-order valence-electron chi connectivity index (χ2n) is 4.02. The lowest BCUT2D eigenvalue weighted by atomic mass is 10.1. The Bertz CT molecular complexity index is 456. The summed E-state index contributed by atoms with van der Waals surface area (Å²) in [6, 6.07) is 10.0. The normalized spacial score (nSPS) is 10.7. The van der Waals surface area contributed by atoms with Crippen LogP contribution in [-0.2, 0) is 13.0 Å². The Morgan fingerprint density at radius 3 is 2.83 bits per heavy atom. The molecule has 1 aromatic carbocycles. The molecule has 18 heavy (non-hydrogen) atoms. The minimum absolute atomic E-state index is 0.191. The molecule has 0 aliphatic heterocycles. The first-order valence-electron chi connectivity index (χ1n) is 6.05. The van der Waals surface area contributed by atoms with Crippen molar-refractivity contribution in [2.75, 3.05) is 13.2 Å². The van der Waals surface area contributed by atoms with E-state index in [-0.39, 0.29) is 6.61 Å². The molecule has 96 valence electrons. The maximum atomic E-state index is 8.64. The first kappa shape index (κ1) is 12.7. The molecular formula is C13H17N3O2. The van der Waals surface area contributed by atoms with E-state index in [9.17, 15) is 0 Å². The fourth-order valence-corrected chi connectivity index (χ4v) is 1.61. The monoisotopic (exact) mass is 247 g/mol. The van der Waals surface area contributed by atoms with Gasteiger partial charge in [0.15, 0.2) is 5.82 Å². The van der Waals surface area contributed by atoms with E-state index >= 15 is 0 Å². The van der Waals surface area contributed by atoms with Crippen LogP contribution >= 0.6 is 0 Å². The van der Waals surface area contributed by atoms with Gasteiger partial charge in [-0.15, -0.1) is 0 Å². The number of aromatic nitrogens is 2. The van der Waals surface area contributed by atoms with Gasteiger partial charge in [0.2, 0.25) is 5.89 Å². The van der Waals surface area contributed by atoms with E-state index in [4.69, 9.17) is 9.63 Å². The van der Waals surface area contributed by atoms with Crippen molar-refractivity contribution in [1.29, 1.82) is 0 Å². The zero-order valence-electron chi connectivity index (χ0n) is 10.2. The maximum Gasteiger partial charge on any atom is 0.240 e. The van der Waals surface area contributed by atoms with Crippen LogP contribution < -0.4 is 5.32 Å². The van der Waals surface area contributed by atoms with Crippen molar-refractivity contribution in [3.05, 3.63) is 47.6 Å². The van der Waals surface area contributed by atoms with E-state index in [1.54, 1.807) is 0 Å². The molecule has 2 N–H and O–H groups in total. The van der Waals surface area contributed by atoms with Crippen LogP contribution in [0.4, 0.5) is 0 Å². The van der Waals surface area contributed by atoms with Crippen molar-refractivity contribution < 1.29 is 9.63 Å². The lowest BCUT2D eigenvalue weighted by molar-refractivity contribution is 0.283. The average Bonchev–Trinajstić information content (AvgIpc) is 2.84. The van der Waals surface area contributed by atoms with Crippen molar-refractivity contribution in [2.24, 2.45) is 0 Å². The Labute approximate surface area is 106 Å². The molecule has 0 radical (unpaired) electrons. The summed E-state index contributed by atoms with van der Waals surface area (Å²) < 4.78 is 5.13. The van der Waals surface area contributed by atoms with E-state index in [1.165, 1.54) is 0 Å². The van der Waals surface area contributed by atoms with E-state index < -0.39 is 0 Å². The van der Waals surface area contributed by atoms with Crippen LogP contribution in [0.1, 0.15) is 23.7 Å². The first-order valence-corrected chi connectivity index (χ1v) is 6.05. The second-order valence-corrected chi connectivity index (χ2v) is 4.02. The highest BCUT2D eigenvalue weighted by Crippen LogP contribution is 2.06. The Hall–Kier alpha value is -1.72. The van der Waals surface area contributed by atoms with Crippen molar-refractivity contribution in [2.45, 2.75) is 19.4 Å². The van der Waals surface area contributed by atoms with Gasteiger partial charge in [0, 0.05) is 13.0 Å². The van der Waals surface area contributed by atoms with E-state index in [0.717, 1.165) is 18.5 Å². The number of nitrogens with one attached hydrogen (secondary N) is 1. The Morgan fingerprint density at radius 2 is 2.06 bits per heavy atom. The van der Waals surface area contributed by atoms with Gasteiger partial charge in [-0.3, -0.25) is 0 Å². The van der Waals surface area contributed by atoms with Crippen LogP contribution in [0.25, 0.3) is 0 Å². The summed E-state index contributed by atoms with van der Waals surface area (Å²) >= 11 is 0. The number of benzene rings is 1. The highest BCUT2D eigenvalue weighted by molar-refractivity contribution is 5.18. The first-order chi connectivity index (χ1) is 8.88. The molecule has 0 bridgehead atoms. The van der Waals surface area contributed by atoms with E-state index in [1.807, 2.05) is 30.3 Å². The van der Waals surface area contributed by atoms with Gasteiger partial charge in [-0.05, 0) is 18.5 Å². The third kappa shape index (κ3) is 3.94. The molecule has 0 aliphatic carbocycles. The Kier molecular flexibility index (Phi) is 4.87. The molecule has 0 aliphatic rings. The minimum atomic E-state index is 0.191. The molecule has 0 saturated heterocycles. The highest BCUT2D eigenvalue weighted by Gasteiger charge is 2.06. The van der Waals surface area contributed by atoms with Gasteiger partial charge in [0.05, 0.1) is 6.54 Å². The minimum Gasteiger partial charge on any atom is -0.396 e. The van der Waals surface area contributed by atoms with E-state index in [2.05, 4.69) is 15.5 Å². The molecule has 5 nitrogen and oxygen atoms in total. The number of aliphatic hydroxyl groups is 1. The molecule has 0 saturated carbocycles. The molecular weight excluding hydrogens is 230 g/mol. The van der Waals surface area contributed by atoms with Gasteiger partial charge < -0.3 is 14.9 Å². The predicted molar refractivity (Wildman–Crippen MR) is 67.0 cm³/mol. The third-order valence-electron chi connectivity index (χ3n) is 2.50. The van der Waals surface area contributed by atoms with Crippen LogP contribution in [0.5, 0.6) is 0 Å². The van der Waals surface area contributed by atoms with Crippen molar-refractivity contribution >= 4 is 0 Å². The molecule has 0 fully saturated rings. The average molecular weight is 247 g/mol. The van der Waals surface area contributed by atoms with Gasteiger partial charge in [0.25, 0.3) is 0 Å². The molecule has 1 aromatic heterocycles. The molecule has 0 amide bonds. The number of rotatable bonds is 7. The largest absolute Gasteiger partial charge is 0.396 e. The van der Waals surface area contributed by atoms with Gasteiger partial charge in [-0.1, -0.05) is 35.5 Å². The molecule has 1 heterocycles. The smallest absolute Gasteiger partial charge is 0.240 e. The summed E-state index contributed by atoms with van der Waals surface area (Å²) in [6.45, 7) is 1.48. The van der Waals surface area contributed by atoms with Crippen molar-refractivity contribution in [3.8, 4) is 0 Å². The summed E-state index contributed by atoms with van der Waals surface area (Å²) in [5.74, 6) is 1.28. The molecule has 5 heteroatoms. The predicted octanol–water partition coefficient (Wildman–Crippen LogP) is 1.13. The SMILES string of the molecule is OCCCNCc1nc(Cc2ccccc2)no1. The number of nitrogens with zero attached hydrogens (tertiary/aromatic N) is 2. The van der Waals surface area contributed by atoms with Crippen molar-refractivity contribution in [3.63, 3.8) is 0 Å². The van der Waals surface area contributed by atoms with Crippen LogP contribution in [0, 0.1) is 0 Å². The van der Waals surface area contributed by atoms with Crippen LogP contribution in [0.3, 0.4) is 0 Å². The third-order valence-corrected chi connectivity index (χ3v) is 2.50. The lowest BCUT2D eigenvalue weighted by Crippen LogP contribution is -2.15. The summed E-state index contributed by atoms with van der Waals surface area (Å²) in [5, 5.41) is 15.7. The molecule has 2 aromatic rings. The number of hydrogen-bond donors (Lipinski definition) is 2. The fraction of sp³-hybridized carbons (Fsp3) is 0.385. The van der Waals surface area contributed by atoms with E-state index in [0.29, 0.717) is 24.7 Å². The summed E-state index contributed by atoms with van der Waals surface area (Å²) in [6.07, 6.45) is 1.41. The standard InChI is InChI=1S/C13H17N3O2/c17-8-4-7-14-10-13-15-12(16-18-13)9-11-5-2-1-3-6-11/h1-3,5-6,14,17H,4,7-10H2. The summed E-state index contributed by atoms with van der Waals surface area (Å²) in [5.41, 5.74) is 1.16. The van der Waals surface area contributed by atoms with Crippen LogP contribution in [-0.4, -0.2) is 28.4 Å². The van der Waals surface area contributed by atoms with Gasteiger partial charge in [-0.2, -0.15) is 4.98 Å². The van der Waals surface area contributed by atoms with Crippen LogP contribution in [0.15, 0.2) is 34.9 Å². The maximum absolute atomic E-state index is 8.64. The number of aliphatic hydroxyl groups excluding tert-OH is 1. The fourth-order valence-electron chi connectivity index (χ4n) is 1.61. The summed E-state index contributed by atoms with van der Waals surface area (Å²) in [4.78, 5) is 4.30. The summed E-state index contributed by atoms with van der Waals surface area (Å²) in [7, 11) is 0. The van der Waals surface area contributed by atoms with Gasteiger partial charge in [-0.25, -0.2) is 0 Å². The molecule has 0 spiro atoms. The quantitative estimate of drug-likeness (QED) is 0.718. The van der Waals surface area contributed by atoms with Gasteiger partial charge >= 0.3 is 0 Å². The Morgan fingerprint density at radius 1 is 1.22 bits per heavy atom. The molecule has 0 atom stereocenters. The number of hydrogen-bond acceptors (Lipinski definition) is 5. The lowest BCUT2D eigenvalue weighted by Gasteiger charge is -1.97. The molecule has 2 rings (SSSR count). The zero-order valence-corrected chi connectivity index (χ0v) is 10.2. The van der Waals surface area contributed by atoms with Crippen molar-refractivity contribution in [1.82, 2.24) is 15.5 Å². The van der Waals surface area contributed by atoms with Gasteiger partial charge in [0.1, 0.15) is 0 Å². The highest BCUT2D eigenvalue weighted by atomic mass is 16.5. The van der Waals surface area contributed by atoms with Crippen LogP contribution in [0.2, 0.25) is 0 Å². The Balaban J connectivity index is 1.83. The second kappa shape index (κ2) is 6.88. The molecule has 0 unspecified atom stereocenters. The topological polar surface area (TPSA) is 71.2 Å².